The van der Waals surface area contributed by atoms with E-state index >= 15 is 0 Å². The maximum atomic E-state index is 6.56. The van der Waals surface area contributed by atoms with E-state index in [1.807, 2.05) is 39.8 Å². The van der Waals surface area contributed by atoms with Crippen LogP contribution in [0.15, 0.2) is 42.5 Å². The van der Waals surface area contributed by atoms with Crippen LogP contribution in [0.1, 0.15) is 49.9 Å². The Morgan fingerprint density at radius 2 is 1.46 bits per heavy atom. The summed E-state index contributed by atoms with van der Waals surface area (Å²) in [6.45, 7) is 9.21. The SMILES string of the molecule is CC(C)OCc1cc(Cc2ccccc2)cc(Cl)c1COC(C)C. The lowest BCUT2D eigenvalue weighted by molar-refractivity contribution is 0.0538. The Kier molecular flexibility index (Phi) is 7.29. The van der Waals surface area contributed by atoms with E-state index in [1.54, 1.807) is 0 Å². The number of hydrogen-bond donors (Lipinski definition) is 0. The number of hydrogen-bond acceptors (Lipinski definition) is 2. The molecule has 0 spiro atoms. The molecule has 0 fully saturated rings. The Balaban J connectivity index is 2.26. The average molecular weight is 347 g/mol. The summed E-state index contributed by atoms with van der Waals surface area (Å²) in [5.41, 5.74) is 4.61. The van der Waals surface area contributed by atoms with Crippen LogP contribution in [0.4, 0.5) is 0 Å². The molecule has 0 atom stereocenters. The number of ether oxygens (including phenoxy) is 2. The fourth-order valence-corrected chi connectivity index (χ4v) is 2.80. The molecule has 2 aromatic carbocycles. The van der Waals surface area contributed by atoms with E-state index in [2.05, 4.69) is 30.3 Å². The van der Waals surface area contributed by atoms with Gasteiger partial charge in [0.2, 0.25) is 0 Å². The highest BCUT2D eigenvalue weighted by Crippen LogP contribution is 2.26. The second-order valence-corrected chi connectivity index (χ2v) is 7.00. The standard InChI is InChI=1S/C21H27ClO2/c1-15(2)23-13-19-11-18(10-17-8-6-5-7-9-17)12-21(22)20(19)14-24-16(3)4/h5-9,11-12,15-16H,10,13-14H2,1-4H3. The number of halogens is 1. The third-order valence-corrected chi connectivity index (χ3v) is 4.07. The molecule has 0 bridgehead atoms. The summed E-state index contributed by atoms with van der Waals surface area (Å²) in [7, 11) is 0. The largest absolute Gasteiger partial charge is 0.374 e. The van der Waals surface area contributed by atoms with Crippen LogP contribution >= 0.6 is 11.6 Å². The van der Waals surface area contributed by atoms with Gasteiger partial charge in [-0.05, 0) is 56.9 Å². The molecule has 2 nitrogen and oxygen atoms in total. The molecular formula is C21H27ClO2. The van der Waals surface area contributed by atoms with E-state index in [1.165, 1.54) is 11.1 Å². The summed E-state index contributed by atoms with van der Waals surface area (Å²) >= 11 is 6.56. The lowest BCUT2D eigenvalue weighted by Crippen LogP contribution is -2.09. The van der Waals surface area contributed by atoms with Gasteiger partial charge in [0.25, 0.3) is 0 Å². The normalized spacial score (nSPS) is 11.5. The van der Waals surface area contributed by atoms with Crippen molar-refractivity contribution in [2.45, 2.75) is 59.5 Å². The van der Waals surface area contributed by atoms with E-state index in [9.17, 15) is 0 Å². The first-order valence-electron chi connectivity index (χ1n) is 8.53. The Hall–Kier alpha value is -1.35. The monoisotopic (exact) mass is 346 g/mol. The molecule has 130 valence electrons. The lowest BCUT2D eigenvalue weighted by Gasteiger charge is -2.17. The summed E-state index contributed by atoms with van der Waals surface area (Å²) < 4.78 is 11.6. The highest BCUT2D eigenvalue weighted by molar-refractivity contribution is 6.31. The molecule has 0 aliphatic carbocycles. The van der Waals surface area contributed by atoms with Gasteiger partial charge in [-0.1, -0.05) is 48.0 Å². The first-order chi connectivity index (χ1) is 11.5. The van der Waals surface area contributed by atoms with Crippen molar-refractivity contribution in [1.29, 1.82) is 0 Å². The zero-order valence-corrected chi connectivity index (χ0v) is 15.8. The smallest absolute Gasteiger partial charge is 0.0738 e. The van der Waals surface area contributed by atoms with Gasteiger partial charge >= 0.3 is 0 Å². The van der Waals surface area contributed by atoms with Gasteiger partial charge in [0.05, 0.1) is 25.4 Å². The van der Waals surface area contributed by atoms with Crippen molar-refractivity contribution < 1.29 is 9.47 Å². The summed E-state index contributed by atoms with van der Waals surface area (Å²) in [6.07, 6.45) is 1.21. The van der Waals surface area contributed by atoms with E-state index in [4.69, 9.17) is 21.1 Å². The molecule has 0 aromatic heterocycles. The minimum Gasteiger partial charge on any atom is -0.374 e. The molecule has 3 heteroatoms. The van der Waals surface area contributed by atoms with Crippen LogP contribution in [0.2, 0.25) is 5.02 Å². The molecule has 0 saturated heterocycles. The molecule has 0 unspecified atom stereocenters. The van der Waals surface area contributed by atoms with Crippen LogP contribution in [-0.4, -0.2) is 12.2 Å². The molecule has 0 aliphatic heterocycles. The summed E-state index contributed by atoms with van der Waals surface area (Å²) in [4.78, 5) is 0. The average Bonchev–Trinajstić information content (AvgIpc) is 2.52. The second kappa shape index (κ2) is 9.22. The van der Waals surface area contributed by atoms with Crippen molar-refractivity contribution in [3.63, 3.8) is 0 Å². The van der Waals surface area contributed by atoms with Gasteiger partial charge in [-0.25, -0.2) is 0 Å². The van der Waals surface area contributed by atoms with E-state index < -0.39 is 0 Å². The molecule has 0 saturated carbocycles. The number of benzene rings is 2. The Morgan fingerprint density at radius 3 is 2.08 bits per heavy atom. The zero-order chi connectivity index (χ0) is 17.5. The number of rotatable bonds is 8. The molecular weight excluding hydrogens is 320 g/mol. The highest BCUT2D eigenvalue weighted by atomic mass is 35.5. The summed E-state index contributed by atoms with van der Waals surface area (Å²) in [5, 5.41) is 0.756. The minimum atomic E-state index is 0.170. The molecule has 2 aromatic rings. The van der Waals surface area contributed by atoms with Gasteiger partial charge in [-0.3, -0.25) is 0 Å². The fourth-order valence-electron chi connectivity index (χ4n) is 2.49. The second-order valence-electron chi connectivity index (χ2n) is 6.60. The van der Waals surface area contributed by atoms with Crippen LogP contribution in [0.5, 0.6) is 0 Å². The van der Waals surface area contributed by atoms with Gasteiger partial charge in [0.15, 0.2) is 0 Å². The van der Waals surface area contributed by atoms with E-state index in [-0.39, 0.29) is 12.2 Å². The van der Waals surface area contributed by atoms with Gasteiger partial charge in [0, 0.05) is 10.6 Å². The predicted octanol–water partition coefficient (Wildman–Crippen LogP) is 5.78. The molecule has 0 amide bonds. The van der Waals surface area contributed by atoms with Crippen LogP contribution in [0.3, 0.4) is 0 Å². The molecule has 0 heterocycles. The maximum Gasteiger partial charge on any atom is 0.0738 e. The van der Waals surface area contributed by atoms with Crippen molar-refractivity contribution in [1.82, 2.24) is 0 Å². The molecule has 0 aliphatic rings. The van der Waals surface area contributed by atoms with Crippen molar-refractivity contribution in [2.75, 3.05) is 0 Å². The first kappa shape index (κ1) is 19.0. The fraction of sp³-hybridized carbons (Fsp3) is 0.429. The Morgan fingerprint density at radius 1 is 0.833 bits per heavy atom. The highest BCUT2D eigenvalue weighted by Gasteiger charge is 2.12. The van der Waals surface area contributed by atoms with Crippen LogP contribution in [0.25, 0.3) is 0 Å². The van der Waals surface area contributed by atoms with E-state index in [0.29, 0.717) is 13.2 Å². The molecule has 24 heavy (non-hydrogen) atoms. The molecule has 0 radical (unpaired) electrons. The topological polar surface area (TPSA) is 18.5 Å². The van der Waals surface area contributed by atoms with Crippen molar-refractivity contribution >= 4 is 11.6 Å². The lowest BCUT2D eigenvalue weighted by atomic mass is 9.99. The van der Waals surface area contributed by atoms with Crippen molar-refractivity contribution in [3.8, 4) is 0 Å². The third kappa shape index (κ3) is 5.94. The third-order valence-electron chi connectivity index (χ3n) is 3.73. The van der Waals surface area contributed by atoms with Gasteiger partial charge in [-0.15, -0.1) is 0 Å². The quantitative estimate of drug-likeness (QED) is 0.603. The van der Waals surface area contributed by atoms with Crippen LogP contribution in [-0.2, 0) is 29.1 Å². The van der Waals surface area contributed by atoms with Crippen molar-refractivity contribution in [3.05, 3.63) is 69.7 Å². The Bertz CT molecular complexity index is 636. The van der Waals surface area contributed by atoms with Gasteiger partial charge in [-0.2, -0.15) is 0 Å². The summed E-state index contributed by atoms with van der Waals surface area (Å²) in [6, 6.07) is 14.7. The maximum absolute atomic E-state index is 6.56. The van der Waals surface area contributed by atoms with Gasteiger partial charge in [0.1, 0.15) is 0 Å². The molecule has 2 rings (SSSR count). The molecule has 0 N–H and O–H groups in total. The Labute approximate surface area is 150 Å². The van der Waals surface area contributed by atoms with Crippen LogP contribution < -0.4 is 0 Å². The van der Waals surface area contributed by atoms with E-state index in [0.717, 1.165) is 22.6 Å². The van der Waals surface area contributed by atoms with Crippen molar-refractivity contribution in [2.24, 2.45) is 0 Å². The zero-order valence-electron chi connectivity index (χ0n) is 15.0. The summed E-state index contributed by atoms with van der Waals surface area (Å²) in [5.74, 6) is 0. The first-order valence-corrected chi connectivity index (χ1v) is 8.90. The minimum absolute atomic E-state index is 0.170. The predicted molar refractivity (Wildman–Crippen MR) is 101 cm³/mol. The van der Waals surface area contributed by atoms with Gasteiger partial charge < -0.3 is 9.47 Å². The van der Waals surface area contributed by atoms with Crippen LogP contribution in [0, 0.1) is 0 Å².